The van der Waals surface area contributed by atoms with Crippen molar-refractivity contribution >= 4 is 5.91 Å². The van der Waals surface area contributed by atoms with Crippen LogP contribution in [0.25, 0.3) is 0 Å². The van der Waals surface area contributed by atoms with Gasteiger partial charge in [-0.1, -0.05) is 32.4 Å². The van der Waals surface area contributed by atoms with Crippen LogP contribution in [0.15, 0.2) is 24.3 Å². The number of carbonyl (C=O) groups is 1. The zero-order valence-corrected chi connectivity index (χ0v) is 14.8. The molecule has 0 bridgehead atoms. The van der Waals surface area contributed by atoms with Gasteiger partial charge in [0.25, 0.3) is 0 Å². The maximum Gasteiger partial charge on any atom is 0.225 e. The van der Waals surface area contributed by atoms with Crippen molar-refractivity contribution < 1.29 is 9.53 Å². The van der Waals surface area contributed by atoms with Gasteiger partial charge < -0.3 is 9.64 Å². The summed E-state index contributed by atoms with van der Waals surface area (Å²) in [6, 6.07) is 8.33. The summed E-state index contributed by atoms with van der Waals surface area (Å²) in [5.41, 5.74) is 1.30. The van der Waals surface area contributed by atoms with Crippen LogP contribution in [0.5, 0.6) is 5.75 Å². The minimum atomic E-state index is 0.164. The molecule has 1 saturated heterocycles. The predicted molar refractivity (Wildman–Crippen MR) is 93.5 cm³/mol. The molecule has 1 amide bonds. The summed E-state index contributed by atoms with van der Waals surface area (Å²) < 4.78 is 5.48. The predicted octanol–water partition coefficient (Wildman–Crippen LogP) is 3.17. The molecule has 4 heteroatoms. The van der Waals surface area contributed by atoms with Crippen molar-refractivity contribution in [3.05, 3.63) is 29.8 Å². The summed E-state index contributed by atoms with van der Waals surface area (Å²) in [4.78, 5) is 16.8. The van der Waals surface area contributed by atoms with Gasteiger partial charge in [0.15, 0.2) is 0 Å². The van der Waals surface area contributed by atoms with Crippen LogP contribution in [-0.4, -0.2) is 48.5 Å². The summed E-state index contributed by atoms with van der Waals surface area (Å²) in [5.74, 6) is 1.42. The van der Waals surface area contributed by atoms with E-state index < -0.39 is 0 Å². The Bertz CT molecular complexity index is 479. The van der Waals surface area contributed by atoms with Gasteiger partial charge in [-0.25, -0.2) is 0 Å². The minimum absolute atomic E-state index is 0.164. The first-order valence-corrected chi connectivity index (χ1v) is 8.87. The second-order valence-electron chi connectivity index (χ2n) is 6.37. The van der Waals surface area contributed by atoms with Crippen molar-refractivity contribution in [2.75, 3.05) is 32.8 Å². The van der Waals surface area contributed by atoms with E-state index in [0.717, 1.165) is 51.3 Å². The van der Waals surface area contributed by atoms with Gasteiger partial charge in [0.2, 0.25) is 5.91 Å². The highest BCUT2D eigenvalue weighted by Crippen LogP contribution is 2.16. The fourth-order valence-electron chi connectivity index (χ4n) is 3.11. The Labute approximate surface area is 140 Å². The Morgan fingerprint density at radius 2 is 1.78 bits per heavy atom. The van der Waals surface area contributed by atoms with Gasteiger partial charge in [0, 0.05) is 38.6 Å². The minimum Gasteiger partial charge on any atom is -0.494 e. The van der Waals surface area contributed by atoms with Crippen LogP contribution in [0, 0.1) is 5.92 Å². The second-order valence-corrected chi connectivity index (χ2v) is 6.37. The molecule has 1 aromatic rings. The molecule has 0 aromatic heterocycles. The molecule has 1 heterocycles. The Hall–Kier alpha value is -1.55. The SMILES string of the molecule is CCCC(C)C(=O)N1CCN(Cc2ccc(OCC)cc2)CC1. The van der Waals surface area contributed by atoms with Gasteiger partial charge in [-0.3, -0.25) is 9.69 Å². The number of ether oxygens (including phenoxy) is 1. The van der Waals surface area contributed by atoms with Crippen LogP contribution >= 0.6 is 0 Å². The van der Waals surface area contributed by atoms with E-state index in [-0.39, 0.29) is 5.92 Å². The molecule has 1 unspecified atom stereocenters. The smallest absolute Gasteiger partial charge is 0.225 e. The average molecular weight is 318 g/mol. The summed E-state index contributed by atoms with van der Waals surface area (Å²) in [6.07, 6.45) is 2.07. The molecular formula is C19H30N2O2. The molecule has 128 valence electrons. The van der Waals surface area contributed by atoms with Crippen LogP contribution in [0.2, 0.25) is 0 Å². The highest BCUT2D eigenvalue weighted by molar-refractivity contribution is 5.78. The number of piperazine rings is 1. The zero-order chi connectivity index (χ0) is 16.7. The van der Waals surface area contributed by atoms with Crippen molar-refractivity contribution in [2.24, 2.45) is 5.92 Å². The summed E-state index contributed by atoms with van der Waals surface area (Å²) >= 11 is 0. The molecule has 1 aliphatic rings. The molecule has 1 aromatic carbocycles. The zero-order valence-electron chi connectivity index (χ0n) is 14.8. The normalized spacial score (nSPS) is 17.1. The number of hydrogen-bond donors (Lipinski definition) is 0. The van der Waals surface area contributed by atoms with Gasteiger partial charge in [0.05, 0.1) is 6.61 Å². The Balaban J connectivity index is 1.79. The molecule has 1 fully saturated rings. The highest BCUT2D eigenvalue weighted by Gasteiger charge is 2.24. The fourth-order valence-corrected chi connectivity index (χ4v) is 3.11. The molecular weight excluding hydrogens is 288 g/mol. The Morgan fingerprint density at radius 3 is 2.35 bits per heavy atom. The Morgan fingerprint density at radius 1 is 1.13 bits per heavy atom. The molecule has 4 nitrogen and oxygen atoms in total. The summed E-state index contributed by atoms with van der Waals surface area (Å²) in [5, 5.41) is 0. The monoisotopic (exact) mass is 318 g/mol. The lowest BCUT2D eigenvalue weighted by atomic mass is 10.0. The lowest BCUT2D eigenvalue weighted by Gasteiger charge is -2.36. The summed E-state index contributed by atoms with van der Waals surface area (Å²) in [6.45, 7) is 11.4. The molecule has 0 aliphatic carbocycles. The lowest BCUT2D eigenvalue weighted by molar-refractivity contribution is -0.137. The first-order chi connectivity index (χ1) is 11.1. The molecule has 0 saturated carbocycles. The van der Waals surface area contributed by atoms with E-state index in [1.165, 1.54) is 5.56 Å². The van der Waals surface area contributed by atoms with E-state index in [1.54, 1.807) is 0 Å². The third-order valence-electron chi connectivity index (χ3n) is 4.47. The highest BCUT2D eigenvalue weighted by atomic mass is 16.5. The van der Waals surface area contributed by atoms with E-state index >= 15 is 0 Å². The van der Waals surface area contributed by atoms with Crippen molar-refractivity contribution in [3.63, 3.8) is 0 Å². The van der Waals surface area contributed by atoms with E-state index in [1.807, 2.05) is 24.0 Å². The molecule has 1 atom stereocenters. The molecule has 0 N–H and O–H groups in total. The second kappa shape index (κ2) is 8.92. The van der Waals surface area contributed by atoms with E-state index in [9.17, 15) is 4.79 Å². The maximum absolute atomic E-state index is 12.3. The van der Waals surface area contributed by atoms with Crippen LogP contribution in [0.3, 0.4) is 0 Å². The first kappa shape index (κ1) is 17.8. The quantitative estimate of drug-likeness (QED) is 0.774. The van der Waals surface area contributed by atoms with Crippen molar-refractivity contribution in [2.45, 2.75) is 40.2 Å². The summed E-state index contributed by atoms with van der Waals surface area (Å²) in [7, 11) is 0. The van der Waals surface area contributed by atoms with Crippen LogP contribution in [-0.2, 0) is 11.3 Å². The van der Waals surface area contributed by atoms with Gasteiger partial charge >= 0.3 is 0 Å². The topological polar surface area (TPSA) is 32.8 Å². The molecule has 0 radical (unpaired) electrons. The molecule has 1 aliphatic heterocycles. The Kier molecular flexibility index (Phi) is 6.90. The largest absolute Gasteiger partial charge is 0.494 e. The van der Waals surface area contributed by atoms with Crippen molar-refractivity contribution in [1.29, 1.82) is 0 Å². The van der Waals surface area contributed by atoms with Crippen LogP contribution in [0.4, 0.5) is 0 Å². The molecule has 2 rings (SSSR count). The van der Waals surface area contributed by atoms with E-state index in [2.05, 4.69) is 30.9 Å². The number of amides is 1. The third-order valence-corrected chi connectivity index (χ3v) is 4.47. The van der Waals surface area contributed by atoms with Crippen molar-refractivity contribution in [1.82, 2.24) is 9.80 Å². The standard InChI is InChI=1S/C19H30N2O2/c1-4-6-16(3)19(22)21-13-11-20(12-14-21)15-17-7-9-18(10-8-17)23-5-2/h7-10,16H,4-6,11-15H2,1-3H3. The number of nitrogens with zero attached hydrogens (tertiary/aromatic N) is 2. The lowest BCUT2D eigenvalue weighted by Crippen LogP contribution is -2.49. The number of benzene rings is 1. The number of carbonyl (C=O) groups excluding carboxylic acids is 1. The average Bonchev–Trinajstić information content (AvgIpc) is 2.57. The molecule has 23 heavy (non-hydrogen) atoms. The molecule has 0 spiro atoms. The van der Waals surface area contributed by atoms with E-state index in [0.29, 0.717) is 12.5 Å². The fraction of sp³-hybridized carbons (Fsp3) is 0.632. The van der Waals surface area contributed by atoms with Crippen LogP contribution < -0.4 is 4.74 Å². The van der Waals surface area contributed by atoms with Crippen molar-refractivity contribution in [3.8, 4) is 5.75 Å². The van der Waals surface area contributed by atoms with Gasteiger partial charge in [0.1, 0.15) is 5.75 Å². The van der Waals surface area contributed by atoms with Gasteiger partial charge in [-0.05, 0) is 31.0 Å². The van der Waals surface area contributed by atoms with Crippen LogP contribution in [0.1, 0.15) is 39.2 Å². The maximum atomic E-state index is 12.3. The number of rotatable bonds is 7. The van der Waals surface area contributed by atoms with E-state index in [4.69, 9.17) is 4.74 Å². The third kappa shape index (κ3) is 5.24. The first-order valence-electron chi connectivity index (χ1n) is 8.87. The van der Waals surface area contributed by atoms with Gasteiger partial charge in [-0.2, -0.15) is 0 Å². The van der Waals surface area contributed by atoms with Gasteiger partial charge in [-0.15, -0.1) is 0 Å². The number of hydrogen-bond acceptors (Lipinski definition) is 3.